The molecule has 1 amide bonds. The Hall–Kier alpha value is -2.05. The summed E-state index contributed by atoms with van der Waals surface area (Å²) in [5, 5.41) is 1.08. The van der Waals surface area contributed by atoms with Crippen LogP contribution in [0.3, 0.4) is 0 Å². The van der Waals surface area contributed by atoms with Gasteiger partial charge in [0.05, 0.1) is 13.2 Å². The van der Waals surface area contributed by atoms with Gasteiger partial charge in [-0.05, 0) is 63.0 Å². The maximum absolute atomic E-state index is 12.9. The first-order valence-corrected chi connectivity index (χ1v) is 10.5. The number of rotatable bonds is 8. The minimum Gasteiger partial charge on any atom is -0.494 e. The van der Waals surface area contributed by atoms with Crippen LogP contribution in [-0.2, 0) is 11.3 Å². The van der Waals surface area contributed by atoms with E-state index in [1.165, 1.54) is 25.9 Å². The van der Waals surface area contributed by atoms with Crippen LogP contribution in [-0.4, -0.2) is 73.3 Å². The molecule has 28 heavy (non-hydrogen) atoms. The zero-order valence-electron chi connectivity index (χ0n) is 16.9. The van der Waals surface area contributed by atoms with E-state index in [-0.39, 0.29) is 5.91 Å². The van der Waals surface area contributed by atoms with Gasteiger partial charge in [-0.25, -0.2) is 0 Å². The van der Waals surface area contributed by atoms with Crippen molar-refractivity contribution in [1.29, 1.82) is 0 Å². The van der Waals surface area contributed by atoms with Gasteiger partial charge in [-0.3, -0.25) is 4.79 Å². The van der Waals surface area contributed by atoms with Crippen LogP contribution in [0, 0.1) is 0 Å². The Morgan fingerprint density at radius 1 is 0.964 bits per heavy atom. The number of fused-ring (bicyclic) bond motifs is 3. The summed E-state index contributed by atoms with van der Waals surface area (Å²) in [5.41, 5.74) is 1.89. The van der Waals surface area contributed by atoms with E-state index in [1.807, 2.05) is 17.0 Å². The lowest BCUT2D eigenvalue weighted by Gasteiger charge is -2.19. The summed E-state index contributed by atoms with van der Waals surface area (Å²) >= 11 is 0. The van der Waals surface area contributed by atoms with Crippen molar-refractivity contribution in [3.05, 3.63) is 30.0 Å². The Labute approximate surface area is 167 Å². The number of benzene rings is 1. The minimum atomic E-state index is 0.0961. The second-order valence-corrected chi connectivity index (χ2v) is 7.79. The van der Waals surface area contributed by atoms with Crippen molar-refractivity contribution in [1.82, 2.24) is 14.4 Å². The van der Waals surface area contributed by atoms with Crippen molar-refractivity contribution in [2.24, 2.45) is 0 Å². The Balaban J connectivity index is 1.43. The number of hydrogen-bond donors (Lipinski definition) is 0. The minimum absolute atomic E-state index is 0.0961. The summed E-state index contributed by atoms with van der Waals surface area (Å²) in [5.74, 6) is 0.984. The maximum Gasteiger partial charge on any atom is 0.270 e. The van der Waals surface area contributed by atoms with Crippen molar-refractivity contribution >= 4 is 16.8 Å². The first-order chi connectivity index (χ1) is 13.8. The smallest absolute Gasteiger partial charge is 0.270 e. The van der Waals surface area contributed by atoms with Gasteiger partial charge in [-0.15, -0.1) is 0 Å². The maximum atomic E-state index is 12.9. The number of methoxy groups -OCH3 is 1. The number of hydrogen-bond acceptors (Lipinski definition) is 4. The summed E-state index contributed by atoms with van der Waals surface area (Å²) in [6, 6.07) is 8.20. The van der Waals surface area contributed by atoms with Crippen LogP contribution in [0.1, 0.15) is 36.2 Å². The monoisotopic (exact) mass is 385 g/mol. The van der Waals surface area contributed by atoms with Crippen LogP contribution in [0.2, 0.25) is 0 Å². The highest BCUT2D eigenvalue weighted by Crippen LogP contribution is 2.27. The highest BCUT2D eigenvalue weighted by molar-refractivity contribution is 5.99. The molecule has 1 aromatic carbocycles. The molecule has 0 bridgehead atoms. The van der Waals surface area contributed by atoms with Gasteiger partial charge in [0, 0.05) is 44.2 Å². The third-order valence-corrected chi connectivity index (χ3v) is 5.84. The van der Waals surface area contributed by atoms with Crippen LogP contribution in [0.15, 0.2) is 24.3 Å². The molecule has 0 unspecified atom stereocenters. The standard InChI is InChI=1S/C22H31N3O3/c1-27-15-13-24-11-4-12-25-20-7-6-19(16-18(20)17-21(25)22(24)26)28-14-5-10-23-8-2-3-9-23/h6-7,16-17H,2-5,8-15H2,1H3. The third kappa shape index (κ3) is 4.18. The topological polar surface area (TPSA) is 46.9 Å². The third-order valence-electron chi connectivity index (χ3n) is 5.84. The number of aromatic nitrogens is 1. The highest BCUT2D eigenvalue weighted by atomic mass is 16.5. The van der Waals surface area contributed by atoms with Gasteiger partial charge in [0.25, 0.3) is 5.91 Å². The molecule has 0 spiro atoms. The molecule has 2 aromatic rings. The quantitative estimate of drug-likeness (QED) is 0.656. The number of carbonyl (C=O) groups excluding carboxylic acids is 1. The molecule has 0 radical (unpaired) electrons. The Kier molecular flexibility index (Phi) is 6.17. The van der Waals surface area contributed by atoms with E-state index in [0.29, 0.717) is 13.2 Å². The lowest BCUT2D eigenvalue weighted by atomic mass is 10.2. The van der Waals surface area contributed by atoms with Gasteiger partial charge in [0.15, 0.2) is 0 Å². The first-order valence-electron chi connectivity index (χ1n) is 10.5. The molecule has 1 fully saturated rings. The normalized spacial score (nSPS) is 17.9. The SMILES string of the molecule is COCCN1CCCn2c(cc3cc(OCCCN4CCCC4)ccc32)C1=O. The zero-order valence-corrected chi connectivity index (χ0v) is 16.9. The predicted molar refractivity (Wildman–Crippen MR) is 110 cm³/mol. The fourth-order valence-electron chi connectivity index (χ4n) is 4.34. The molecule has 2 aliphatic rings. The van der Waals surface area contributed by atoms with Crippen molar-refractivity contribution in [2.45, 2.75) is 32.2 Å². The van der Waals surface area contributed by atoms with E-state index in [9.17, 15) is 4.79 Å². The average molecular weight is 386 g/mol. The molecule has 1 saturated heterocycles. The van der Waals surface area contributed by atoms with Gasteiger partial charge in [-0.1, -0.05) is 0 Å². The summed E-state index contributed by atoms with van der Waals surface area (Å²) in [6.45, 7) is 7.18. The van der Waals surface area contributed by atoms with Gasteiger partial charge in [0.2, 0.25) is 0 Å². The molecule has 1 aromatic heterocycles. The number of amides is 1. The van der Waals surface area contributed by atoms with Gasteiger partial charge in [-0.2, -0.15) is 0 Å². The molecule has 3 heterocycles. The van der Waals surface area contributed by atoms with Crippen molar-refractivity contribution in [3.8, 4) is 5.75 Å². The number of nitrogens with zero attached hydrogens (tertiary/aromatic N) is 3. The van der Waals surface area contributed by atoms with Gasteiger partial charge < -0.3 is 23.8 Å². The van der Waals surface area contributed by atoms with Crippen LogP contribution >= 0.6 is 0 Å². The Bertz CT molecular complexity index is 811. The molecule has 4 rings (SSSR count). The number of ether oxygens (including phenoxy) is 2. The molecule has 6 nitrogen and oxygen atoms in total. The molecule has 0 N–H and O–H groups in total. The fraction of sp³-hybridized carbons (Fsp3) is 0.591. The van der Waals surface area contributed by atoms with E-state index in [0.717, 1.165) is 61.4 Å². The van der Waals surface area contributed by atoms with Crippen molar-refractivity contribution < 1.29 is 14.3 Å². The van der Waals surface area contributed by atoms with E-state index < -0.39 is 0 Å². The second-order valence-electron chi connectivity index (χ2n) is 7.79. The number of likely N-dealkylation sites (tertiary alicyclic amines) is 1. The molecule has 2 aliphatic heterocycles. The largest absolute Gasteiger partial charge is 0.494 e. The average Bonchev–Trinajstić information content (AvgIpc) is 3.32. The van der Waals surface area contributed by atoms with E-state index in [1.54, 1.807) is 7.11 Å². The van der Waals surface area contributed by atoms with Crippen LogP contribution in [0.5, 0.6) is 5.75 Å². The number of carbonyl (C=O) groups is 1. The first kappa shape index (κ1) is 19.3. The van der Waals surface area contributed by atoms with Crippen LogP contribution < -0.4 is 4.74 Å². The molecule has 0 aliphatic carbocycles. The lowest BCUT2D eigenvalue weighted by Crippen LogP contribution is -2.33. The van der Waals surface area contributed by atoms with E-state index >= 15 is 0 Å². The predicted octanol–water partition coefficient (Wildman–Crippen LogP) is 3.00. The molecular weight excluding hydrogens is 354 g/mol. The number of aryl methyl sites for hydroxylation is 1. The van der Waals surface area contributed by atoms with Crippen molar-refractivity contribution in [2.75, 3.05) is 53.0 Å². The summed E-state index contributed by atoms with van der Waals surface area (Å²) < 4.78 is 13.3. The van der Waals surface area contributed by atoms with Crippen molar-refractivity contribution in [3.63, 3.8) is 0 Å². The summed E-state index contributed by atoms with van der Waals surface area (Å²) in [7, 11) is 1.67. The zero-order chi connectivity index (χ0) is 19.3. The van der Waals surface area contributed by atoms with E-state index in [2.05, 4.69) is 21.6 Å². The second kappa shape index (κ2) is 8.97. The summed E-state index contributed by atoms with van der Waals surface area (Å²) in [6.07, 6.45) is 4.68. The molecule has 0 atom stereocenters. The van der Waals surface area contributed by atoms with E-state index in [4.69, 9.17) is 9.47 Å². The molecule has 0 saturated carbocycles. The van der Waals surface area contributed by atoms with Crippen LogP contribution in [0.25, 0.3) is 10.9 Å². The lowest BCUT2D eigenvalue weighted by molar-refractivity contribution is 0.0699. The van der Waals surface area contributed by atoms with Gasteiger partial charge in [0.1, 0.15) is 11.4 Å². The molecular formula is C22H31N3O3. The fourth-order valence-corrected chi connectivity index (χ4v) is 4.34. The van der Waals surface area contributed by atoms with Gasteiger partial charge >= 0.3 is 0 Å². The Morgan fingerprint density at radius 3 is 2.64 bits per heavy atom. The molecule has 152 valence electrons. The Morgan fingerprint density at radius 2 is 1.82 bits per heavy atom. The molecule has 6 heteroatoms. The van der Waals surface area contributed by atoms with Crippen LogP contribution in [0.4, 0.5) is 0 Å². The highest BCUT2D eigenvalue weighted by Gasteiger charge is 2.24. The summed E-state index contributed by atoms with van der Waals surface area (Å²) in [4.78, 5) is 17.4.